The molecule has 0 spiro atoms. The van der Waals surface area contributed by atoms with Crippen molar-refractivity contribution in [3.63, 3.8) is 0 Å². The highest BCUT2D eigenvalue weighted by atomic mass is 127. The summed E-state index contributed by atoms with van der Waals surface area (Å²) in [5, 5.41) is 0.754. The van der Waals surface area contributed by atoms with E-state index in [9.17, 15) is 0 Å². The summed E-state index contributed by atoms with van der Waals surface area (Å²) in [6.45, 7) is 0.528. The van der Waals surface area contributed by atoms with E-state index >= 15 is 0 Å². The molecule has 1 unspecified atom stereocenters. The first-order chi connectivity index (χ1) is 9.20. The van der Waals surface area contributed by atoms with Gasteiger partial charge in [-0.2, -0.15) is 0 Å². The third-order valence-corrected chi connectivity index (χ3v) is 4.42. The summed E-state index contributed by atoms with van der Waals surface area (Å²) in [5.41, 5.74) is 2.20. The second-order valence-electron chi connectivity index (χ2n) is 4.10. The van der Waals surface area contributed by atoms with Crippen LogP contribution >= 0.6 is 50.1 Å². The van der Waals surface area contributed by atoms with Crippen LogP contribution in [0.5, 0.6) is 0 Å². The van der Waals surface area contributed by atoms with Crippen molar-refractivity contribution in [2.45, 2.75) is 12.7 Å². The molecule has 0 aromatic heterocycles. The Morgan fingerprint density at radius 1 is 1.16 bits per heavy atom. The Balaban J connectivity index is 2.06. The van der Waals surface area contributed by atoms with E-state index in [4.69, 9.17) is 16.3 Å². The molecule has 0 aliphatic rings. The molecule has 1 atom stereocenters. The van der Waals surface area contributed by atoms with Gasteiger partial charge < -0.3 is 4.74 Å². The van der Waals surface area contributed by atoms with Gasteiger partial charge in [0.2, 0.25) is 0 Å². The van der Waals surface area contributed by atoms with Crippen LogP contribution in [0.25, 0.3) is 0 Å². The molecule has 0 N–H and O–H groups in total. The zero-order chi connectivity index (χ0) is 13.7. The fourth-order valence-electron chi connectivity index (χ4n) is 1.74. The van der Waals surface area contributed by atoms with Gasteiger partial charge in [0.25, 0.3) is 0 Å². The second kappa shape index (κ2) is 7.62. The van der Waals surface area contributed by atoms with Crippen molar-refractivity contribution in [2.24, 2.45) is 0 Å². The molecular formula is C15H13BrClIO. The highest BCUT2D eigenvalue weighted by molar-refractivity contribution is 14.1. The maximum atomic E-state index is 6.13. The number of hydrogen-bond acceptors (Lipinski definition) is 1. The highest BCUT2D eigenvalue weighted by Crippen LogP contribution is 2.25. The molecule has 0 aliphatic heterocycles. The van der Waals surface area contributed by atoms with Gasteiger partial charge in [0, 0.05) is 13.9 Å². The van der Waals surface area contributed by atoms with Crippen molar-refractivity contribution >= 4 is 50.1 Å². The lowest BCUT2D eigenvalue weighted by atomic mass is 10.1. The van der Waals surface area contributed by atoms with Crippen molar-refractivity contribution < 1.29 is 4.74 Å². The average molecular weight is 452 g/mol. The van der Waals surface area contributed by atoms with Crippen molar-refractivity contribution in [1.29, 1.82) is 0 Å². The largest absolute Gasteiger partial charge is 0.368 e. The molecule has 4 heteroatoms. The quantitative estimate of drug-likeness (QED) is 0.413. The van der Waals surface area contributed by atoms with Crippen LogP contribution in [0.1, 0.15) is 17.2 Å². The van der Waals surface area contributed by atoms with Gasteiger partial charge in [-0.15, -0.1) is 0 Å². The lowest BCUT2D eigenvalue weighted by molar-refractivity contribution is 0.0577. The number of ether oxygens (including phenoxy) is 1. The van der Waals surface area contributed by atoms with Crippen LogP contribution in [0.3, 0.4) is 0 Å². The molecule has 0 radical (unpaired) electrons. The van der Waals surface area contributed by atoms with Gasteiger partial charge in [0.15, 0.2) is 0 Å². The Morgan fingerprint density at radius 3 is 2.63 bits per heavy atom. The van der Waals surface area contributed by atoms with Gasteiger partial charge in [-0.3, -0.25) is 0 Å². The third kappa shape index (κ3) is 4.45. The van der Waals surface area contributed by atoms with E-state index in [-0.39, 0.29) is 6.10 Å². The molecule has 0 heterocycles. The lowest BCUT2D eigenvalue weighted by Gasteiger charge is -2.16. The van der Waals surface area contributed by atoms with Crippen LogP contribution in [0.15, 0.2) is 53.0 Å². The maximum absolute atomic E-state index is 6.13. The molecule has 1 nitrogen and oxygen atoms in total. The van der Waals surface area contributed by atoms with Crippen LogP contribution in [0.2, 0.25) is 5.02 Å². The summed E-state index contributed by atoms with van der Waals surface area (Å²) in [6, 6.07) is 16.0. The first-order valence-electron chi connectivity index (χ1n) is 5.87. The van der Waals surface area contributed by atoms with Crippen molar-refractivity contribution in [1.82, 2.24) is 0 Å². The molecule has 0 aliphatic carbocycles. The van der Waals surface area contributed by atoms with Gasteiger partial charge in [0.1, 0.15) is 0 Å². The smallest absolute Gasteiger partial charge is 0.0919 e. The summed E-state index contributed by atoms with van der Waals surface area (Å²) < 4.78 is 7.96. The number of rotatable bonds is 5. The molecule has 0 fully saturated rings. The van der Waals surface area contributed by atoms with Crippen LogP contribution in [0, 0.1) is 0 Å². The van der Waals surface area contributed by atoms with E-state index in [1.807, 2.05) is 36.4 Å². The Morgan fingerprint density at radius 2 is 1.95 bits per heavy atom. The van der Waals surface area contributed by atoms with Gasteiger partial charge in [-0.25, -0.2) is 0 Å². The molecule has 100 valence electrons. The first-order valence-corrected chi connectivity index (χ1v) is 8.57. The average Bonchev–Trinajstić information content (AvgIpc) is 2.41. The zero-order valence-corrected chi connectivity index (χ0v) is 14.7. The molecule has 2 aromatic carbocycles. The zero-order valence-electron chi connectivity index (χ0n) is 10.2. The summed E-state index contributed by atoms with van der Waals surface area (Å²) in [6.07, 6.45) is 0.0781. The molecule has 2 aromatic rings. The SMILES string of the molecule is Clc1ccccc1COC(CI)c1cccc(Br)c1. The third-order valence-electron chi connectivity index (χ3n) is 2.76. The van der Waals surface area contributed by atoms with E-state index in [2.05, 4.69) is 50.7 Å². The summed E-state index contributed by atoms with van der Waals surface area (Å²) in [5.74, 6) is 0. The number of hydrogen-bond donors (Lipinski definition) is 0. The van der Waals surface area contributed by atoms with Crippen molar-refractivity contribution in [3.05, 3.63) is 69.2 Å². The maximum Gasteiger partial charge on any atom is 0.0919 e. The minimum Gasteiger partial charge on any atom is -0.368 e. The van der Waals surface area contributed by atoms with Crippen LogP contribution in [-0.2, 0) is 11.3 Å². The van der Waals surface area contributed by atoms with Crippen molar-refractivity contribution in [2.75, 3.05) is 4.43 Å². The molecule has 0 amide bonds. The predicted molar refractivity (Wildman–Crippen MR) is 92.0 cm³/mol. The number of benzene rings is 2. The Labute approximate surface area is 140 Å². The van der Waals surface area contributed by atoms with Crippen LogP contribution in [-0.4, -0.2) is 4.43 Å². The van der Waals surface area contributed by atoms with Crippen molar-refractivity contribution in [3.8, 4) is 0 Å². The van der Waals surface area contributed by atoms with Gasteiger partial charge in [-0.1, -0.05) is 80.5 Å². The van der Waals surface area contributed by atoms with Crippen LogP contribution in [0.4, 0.5) is 0 Å². The monoisotopic (exact) mass is 450 g/mol. The highest BCUT2D eigenvalue weighted by Gasteiger charge is 2.11. The second-order valence-corrected chi connectivity index (χ2v) is 6.30. The van der Waals surface area contributed by atoms with Crippen LogP contribution < -0.4 is 0 Å². The van der Waals surface area contributed by atoms with E-state index in [0.717, 1.165) is 19.5 Å². The summed E-state index contributed by atoms with van der Waals surface area (Å²) >= 11 is 12.0. The Hall–Kier alpha value is -0.100. The standard InChI is InChI=1S/C15H13BrClIO/c16-13-6-3-5-11(8-13)15(9-18)19-10-12-4-1-2-7-14(12)17/h1-8,15H,9-10H2. The van der Waals surface area contributed by atoms with Gasteiger partial charge in [-0.05, 0) is 29.3 Å². The predicted octanol–water partition coefficient (Wildman–Crippen LogP) is 5.80. The number of halogens is 3. The molecule has 0 saturated carbocycles. The topological polar surface area (TPSA) is 9.23 Å². The van der Waals surface area contributed by atoms with Gasteiger partial charge >= 0.3 is 0 Å². The molecule has 0 saturated heterocycles. The fraction of sp³-hybridized carbons (Fsp3) is 0.200. The summed E-state index contributed by atoms with van der Waals surface area (Å²) in [4.78, 5) is 0. The Bertz CT molecular complexity index is 547. The van der Waals surface area contributed by atoms with E-state index in [1.54, 1.807) is 0 Å². The fourth-order valence-corrected chi connectivity index (χ4v) is 3.11. The van der Waals surface area contributed by atoms with E-state index < -0.39 is 0 Å². The molecule has 19 heavy (non-hydrogen) atoms. The van der Waals surface area contributed by atoms with Gasteiger partial charge in [0.05, 0.1) is 12.7 Å². The lowest BCUT2D eigenvalue weighted by Crippen LogP contribution is -2.06. The summed E-state index contributed by atoms with van der Waals surface area (Å²) in [7, 11) is 0. The normalized spacial score (nSPS) is 12.4. The molecular weight excluding hydrogens is 438 g/mol. The molecule has 2 rings (SSSR count). The first kappa shape index (κ1) is 15.3. The Kier molecular flexibility index (Phi) is 6.13. The minimum atomic E-state index is 0.0781. The number of alkyl halides is 1. The van der Waals surface area contributed by atoms with E-state index in [0.29, 0.717) is 6.61 Å². The minimum absolute atomic E-state index is 0.0781. The molecule has 0 bridgehead atoms. The van der Waals surface area contributed by atoms with E-state index in [1.165, 1.54) is 5.56 Å².